The van der Waals surface area contributed by atoms with E-state index < -0.39 is 10.0 Å². The quantitative estimate of drug-likeness (QED) is 0.739. The van der Waals surface area contributed by atoms with Gasteiger partial charge in [-0.1, -0.05) is 41.9 Å². The van der Waals surface area contributed by atoms with E-state index in [0.717, 1.165) is 10.5 Å². The summed E-state index contributed by atoms with van der Waals surface area (Å²) in [6.45, 7) is 3.91. The third-order valence-electron chi connectivity index (χ3n) is 5.07. The zero-order chi connectivity index (χ0) is 20.1. The van der Waals surface area contributed by atoms with Crippen molar-refractivity contribution in [2.75, 3.05) is 31.5 Å². The van der Waals surface area contributed by atoms with Crippen LogP contribution in [0.4, 0.5) is 5.69 Å². The molecule has 150 valence electrons. The number of nitrogens with one attached hydrogen (secondary N) is 2. The van der Waals surface area contributed by atoms with Gasteiger partial charge in [-0.2, -0.15) is 4.31 Å². The molecule has 0 unspecified atom stereocenters. The molecule has 0 aliphatic carbocycles. The predicted molar refractivity (Wildman–Crippen MR) is 111 cm³/mol. The molecule has 1 aliphatic rings. The molecule has 28 heavy (non-hydrogen) atoms. The minimum atomic E-state index is -3.35. The molecule has 1 amide bonds. The van der Waals surface area contributed by atoms with Crippen molar-refractivity contribution in [1.29, 1.82) is 0 Å². The third kappa shape index (κ3) is 5.32. The fourth-order valence-electron chi connectivity index (χ4n) is 3.33. The number of rotatable bonds is 6. The number of quaternary nitrogens is 1. The average Bonchev–Trinajstić information content (AvgIpc) is 2.69. The van der Waals surface area contributed by atoms with Gasteiger partial charge in [0.1, 0.15) is 0 Å². The fraction of sp³-hybridized carbons (Fsp3) is 0.350. The molecule has 8 heteroatoms. The van der Waals surface area contributed by atoms with E-state index in [0.29, 0.717) is 36.9 Å². The van der Waals surface area contributed by atoms with Crippen molar-refractivity contribution in [3.63, 3.8) is 0 Å². The number of halogens is 1. The lowest BCUT2D eigenvalue weighted by atomic mass is 10.2. The zero-order valence-electron chi connectivity index (χ0n) is 15.8. The Hall–Kier alpha value is -1.93. The number of hydrogen-bond donors (Lipinski definition) is 2. The summed E-state index contributed by atoms with van der Waals surface area (Å²) in [6.07, 6.45) is 0. The standard InChI is InChI=1S/C20H24ClN3O3S/c1-16(20(25)22-19-9-7-18(21)8-10-19)23-11-13-24(14-12-23)28(26,27)15-17-5-3-2-4-6-17/h2-10,16H,11-15H2,1H3,(H,22,25)/p+1/t16-/m0/s1. The highest BCUT2D eigenvalue weighted by molar-refractivity contribution is 7.88. The molecule has 0 saturated carbocycles. The van der Waals surface area contributed by atoms with Crippen LogP contribution < -0.4 is 10.2 Å². The number of benzene rings is 2. The van der Waals surface area contributed by atoms with Gasteiger partial charge in [0.25, 0.3) is 5.91 Å². The first-order valence-corrected chi connectivity index (χ1v) is 11.3. The molecule has 3 rings (SSSR count). The van der Waals surface area contributed by atoms with Crippen LogP contribution in [-0.2, 0) is 20.6 Å². The van der Waals surface area contributed by atoms with E-state index in [2.05, 4.69) is 5.32 Å². The Kier molecular flexibility index (Phi) is 6.72. The summed E-state index contributed by atoms with van der Waals surface area (Å²) in [5.74, 6) is -0.0756. The SMILES string of the molecule is C[C@@H](C(=O)Nc1ccc(Cl)cc1)[NH+]1CCN(S(=O)(=O)Cc2ccccc2)CC1. The van der Waals surface area contributed by atoms with E-state index in [-0.39, 0.29) is 17.7 Å². The zero-order valence-corrected chi connectivity index (χ0v) is 17.3. The molecular formula is C20H25ClN3O3S+. The molecule has 0 radical (unpaired) electrons. The van der Waals surface area contributed by atoms with Crippen molar-refractivity contribution < 1.29 is 18.1 Å². The molecule has 2 aromatic carbocycles. The van der Waals surface area contributed by atoms with Crippen molar-refractivity contribution in [2.45, 2.75) is 18.7 Å². The largest absolute Gasteiger partial charge is 0.323 e. The summed E-state index contributed by atoms with van der Waals surface area (Å²) in [6, 6.07) is 15.9. The van der Waals surface area contributed by atoms with Crippen LogP contribution in [0.1, 0.15) is 12.5 Å². The summed E-state index contributed by atoms with van der Waals surface area (Å²) in [5, 5.41) is 3.51. The lowest BCUT2D eigenvalue weighted by Crippen LogP contribution is -3.19. The number of carbonyl (C=O) groups is 1. The van der Waals surface area contributed by atoms with Gasteiger partial charge in [-0.05, 0) is 36.8 Å². The lowest BCUT2D eigenvalue weighted by molar-refractivity contribution is -0.917. The molecule has 1 fully saturated rings. The summed E-state index contributed by atoms with van der Waals surface area (Å²) in [7, 11) is -3.35. The molecule has 1 atom stereocenters. The molecule has 2 N–H and O–H groups in total. The van der Waals surface area contributed by atoms with Gasteiger partial charge in [-0.3, -0.25) is 4.79 Å². The van der Waals surface area contributed by atoms with Crippen LogP contribution in [0.25, 0.3) is 0 Å². The van der Waals surface area contributed by atoms with E-state index >= 15 is 0 Å². The second-order valence-electron chi connectivity index (χ2n) is 7.02. The van der Waals surface area contributed by atoms with E-state index in [1.807, 2.05) is 37.3 Å². The normalized spacial score (nSPS) is 17.2. The van der Waals surface area contributed by atoms with Crippen molar-refractivity contribution in [3.05, 3.63) is 65.2 Å². The van der Waals surface area contributed by atoms with Gasteiger partial charge in [-0.25, -0.2) is 8.42 Å². The first-order chi connectivity index (χ1) is 13.3. The molecule has 0 spiro atoms. The van der Waals surface area contributed by atoms with Crippen LogP contribution in [0.5, 0.6) is 0 Å². The highest BCUT2D eigenvalue weighted by Crippen LogP contribution is 2.14. The molecular weight excluding hydrogens is 398 g/mol. The van der Waals surface area contributed by atoms with Crippen LogP contribution in [0.3, 0.4) is 0 Å². The lowest BCUT2D eigenvalue weighted by Gasteiger charge is -2.34. The minimum Gasteiger partial charge on any atom is -0.323 e. The number of nitrogens with zero attached hydrogens (tertiary/aromatic N) is 1. The van der Waals surface area contributed by atoms with Crippen LogP contribution >= 0.6 is 11.6 Å². The number of piperazine rings is 1. The Bertz CT molecular complexity index is 896. The highest BCUT2D eigenvalue weighted by atomic mass is 35.5. The molecule has 6 nitrogen and oxygen atoms in total. The van der Waals surface area contributed by atoms with E-state index in [1.54, 1.807) is 24.3 Å². The van der Waals surface area contributed by atoms with E-state index in [9.17, 15) is 13.2 Å². The predicted octanol–water partition coefficient (Wildman–Crippen LogP) is 1.40. The Labute approximate surface area is 171 Å². The van der Waals surface area contributed by atoms with Crippen LogP contribution in [0.15, 0.2) is 54.6 Å². The summed E-state index contributed by atoms with van der Waals surface area (Å²) < 4.78 is 26.9. The maximum Gasteiger partial charge on any atom is 0.282 e. The van der Waals surface area contributed by atoms with Crippen molar-refractivity contribution in [1.82, 2.24) is 4.31 Å². The molecule has 1 saturated heterocycles. The topological polar surface area (TPSA) is 70.9 Å². The summed E-state index contributed by atoms with van der Waals surface area (Å²) in [4.78, 5) is 13.6. The fourth-order valence-corrected chi connectivity index (χ4v) is 4.99. The van der Waals surface area contributed by atoms with E-state index in [1.165, 1.54) is 4.31 Å². The minimum absolute atomic E-state index is 0.00970. The average molecular weight is 423 g/mol. The Morgan fingerprint density at radius 3 is 2.32 bits per heavy atom. The molecule has 1 aliphatic heterocycles. The van der Waals surface area contributed by atoms with Gasteiger partial charge in [0, 0.05) is 10.7 Å². The van der Waals surface area contributed by atoms with Gasteiger partial charge in [0.15, 0.2) is 6.04 Å². The maximum atomic E-state index is 12.7. The highest BCUT2D eigenvalue weighted by Gasteiger charge is 2.33. The van der Waals surface area contributed by atoms with Gasteiger partial charge < -0.3 is 10.2 Å². The summed E-state index contributed by atoms with van der Waals surface area (Å²) in [5.41, 5.74) is 1.48. The van der Waals surface area contributed by atoms with Gasteiger partial charge in [0.2, 0.25) is 10.0 Å². The van der Waals surface area contributed by atoms with Crippen molar-refractivity contribution in [3.8, 4) is 0 Å². The molecule has 1 heterocycles. The van der Waals surface area contributed by atoms with Crippen molar-refractivity contribution in [2.24, 2.45) is 0 Å². The van der Waals surface area contributed by atoms with E-state index in [4.69, 9.17) is 11.6 Å². The van der Waals surface area contributed by atoms with Gasteiger partial charge in [0.05, 0.1) is 31.9 Å². The van der Waals surface area contributed by atoms with Gasteiger partial charge in [-0.15, -0.1) is 0 Å². The number of sulfonamides is 1. The molecule has 0 aromatic heterocycles. The maximum absolute atomic E-state index is 12.7. The number of hydrogen-bond acceptors (Lipinski definition) is 3. The number of carbonyl (C=O) groups excluding carboxylic acids is 1. The van der Waals surface area contributed by atoms with Crippen LogP contribution in [0.2, 0.25) is 5.02 Å². The third-order valence-corrected chi connectivity index (χ3v) is 7.17. The molecule has 2 aromatic rings. The second-order valence-corrected chi connectivity index (χ2v) is 9.42. The number of anilines is 1. The number of amides is 1. The monoisotopic (exact) mass is 422 g/mol. The first-order valence-electron chi connectivity index (χ1n) is 9.28. The Morgan fingerprint density at radius 2 is 1.71 bits per heavy atom. The first kappa shape index (κ1) is 20.8. The van der Waals surface area contributed by atoms with Crippen LogP contribution in [-0.4, -0.2) is 50.9 Å². The Morgan fingerprint density at radius 1 is 1.11 bits per heavy atom. The smallest absolute Gasteiger partial charge is 0.282 e. The second kappa shape index (κ2) is 9.05. The van der Waals surface area contributed by atoms with Crippen LogP contribution in [0, 0.1) is 0 Å². The molecule has 0 bridgehead atoms. The summed E-state index contributed by atoms with van der Waals surface area (Å²) >= 11 is 5.86. The van der Waals surface area contributed by atoms with Crippen molar-refractivity contribution >= 4 is 33.2 Å². The Balaban J connectivity index is 1.53. The van der Waals surface area contributed by atoms with Gasteiger partial charge >= 0.3 is 0 Å².